The topological polar surface area (TPSA) is 50.1 Å². The second kappa shape index (κ2) is 11.2. The van der Waals surface area contributed by atoms with E-state index in [0.29, 0.717) is 11.1 Å². The molecule has 3 rings (SSSR count). The normalized spacial score (nSPS) is 20.1. The number of nitrogens with zero attached hydrogens (tertiary/aromatic N) is 1. The number of methoxy groups -OCH3 is 1. The van der Waals surface area contributed by atoms with Crippen LogP contribution in [0.2, 0.25) is 0 Å². The van der Waals surface area contributed by atoms with Crippen molar-refractivity contribution in [3.8, 4) is 6.07 Å². The number of benzene rings is 1. The molecule has 0 heterocycles. The van der Waals surface area contributed by atoms with Crippen molar-refractivity contribution in [2.75, 3.05) is 7.11 Å². The number of ether oxygens (including phenoxy) is 1. The Labute approximate surface area is 179 Å². The van der Waals surface area contributed by atoms with Gasteiger partial charge in [-0.1, -0.05) is 48.1 Å². The molecule has 0 N–H and O–H groups in total. The Morgan fingerprint density at radius 3 is 2.50 bits per heavy atom. The van der Waals surface area contributed by atoms with Crippen molar-refractivity contribution in [3.05, 3.63) is 88.1 Å². The van der Waals surface area contributed by atoms with Gasteiger partial charge in [0.2, 0.25) is 0 Å². The summed E-state index contributed by atoms with van der Waals surface area (Å²) in [6.07, 6.45) is 22.2. The van der Waals surface area contributed by atoms with Crippen molar-refractivity contribution in [2.24, 2.45) is 0 Å². The van der Waals surface area contributed by atoms with Gasteiger partial charge in [0.15, 0.2) is 0 Å². The van der Waals surface area contributed by atoms with Crippen LogP contribution in [0.15, 0.2) is 76.9 Å². The maximum absolute atomic E-state index is 11.6. The summed E-state index contributed by atoms with van der Waals surface area (Å²) in [5.41, 5.74) is 6.05. The molecule has 0 amide bonds. The zero-order valence-corrected chi connectivity index (χ0v) is 17.7. The standard InChI is InChI=1S/C27H29NO2/c1-30-27(29)25-16-12-23(13-17-25)19-26(20-28)24-14-10-22(11-15-24)18-21-8-6-4-2-3-5-7-9-21/h2,4,10,12-14,16-19H,3,5-9,11,15H2,1H3/b4-2-,21-18-,26-19+. The average Bonchev–Trinajstić information content (AvgIpc) is 2.92. The fourth-order valence-electron chi connectivity index (χ4n) is 3.84. The van der Waals surface area contributed by atoms with Crippen LogP contribution in [0.4, 0.5) is 0 Å². The SMILES string of the molecule is COC(=O)c1ccc(/C=C(\C#N)C2=CC=C(/C=C3/CC/C=C\CCCC3)CC2)cc1. The van der Waals surface area contributed by atoms with Crippen LogP contribution < -0.4 is 0 Å². The van der Waals surface area contributed by atoms with Crippen molar-refractivity contribution < 1.29 is 9.53 Å². The van der Waals surface area contributed by atoms with Gasteiger partial charge in [0, 0.05) is 0 Å². The van der Waals surface area contributed by atoms with E-state index in [1.807, 2.05) is 18.2 Å². The van der Waals surface area contributed by atoms with Crippen molar-refractivity contribution in [1.82, 2.24) is 0 Å². The summed E-state index contributed by atoms with van der Waals surface area (Å²) >= 11 is 0. The van der Waals surface area contributed by atoms with Crippen LogP contribution in [0.5, 0.6) is 0 Å². The highest BCUT2D eigenvalue weighted by Crippen LogP contribution is 2.28. The Balaban J connectivity index is 1.73. The van der Waals surface area contributed by atoms with Crippen LogP contribution in [-0.4, -0.2) is 13.1 Å². The molecule has 2 aliphatic rings. The van der Waals surface area contributed by atoms with E-state index < -0.39 is 0 Å². The van der Waals surface area contributed by atoms with Crippen molar-refractivity contribution >= 4 is 12.0 Å². The lowest BCUT2D eigenvalue weighted by Gasteiger charge is -2.14. The van der Waals surface area contributed by atoms with E-state index in [0.717, 1.165) is 36.8 Å². The van der Waals surface area contributed by atoms with Gasteiger partial charge in [-0.15, -0.1) is 0 Å². The van der Waals surface area contributed by atoms with E-state index >= 15 is 0 Å². The lowest BCUT2D eigenvalue weighted by molar-refractivity contribution is 0.0600. The Kier molecular flexibility index (Phi) is 8.03. The molecule has 0 unspecified atom stereocenters. The molecule has 154 valence electrons. The molecule has 0 fully saturated rings. The van der Waals surface area contributed by atoms with Crippen molar-refractivity contribution in [3.63, 3.8) is 0 Å². The van der Waals surface area contributed by atoms with E-state index in [9.17, 15) is 10.1 Å². The molecule has 2 aliphatic carbocycles. The number of carbonyl (C=O) groups is 1. The van der Waals surface area contributed by atoms with Gasteiger partial charge in [-0.25, -0.2) is 4.79 Å². The predicted molar refractivity (Wildman–Crippen MR) is 122 cm³/mol. The van der Waals surface area contributed by atoms with Crippen LogP contribution in [0.3, 0.4) is 0 Å². The molecule has 1 aromatic rings. The summed E-state index contributed by atoms with van der Waals surface area (Å²) in [4.78, 5) is 11.6. The van der Waals surface area contributed by atoms with E-state index in [2.05, 4.69) is 36.4 Å². The Bertz CT molecular complexity index is 950. The maximum Gasteiger partial charge on any atom is 0.337 e. The molecule has 0 aromatic heterocycles. The fraction of sp³-hybridized carbons (Fsp3) is 0.333. The number of carbonyl (C=O) groups excluding carboxylic acids is 1. The molecule has 3 nitrogen and oxygen atoms in total. The smallest absolute Gasteiger partial charge is 0.337 e. The van der Waals surface area contributed by atoms with Gasteiger partial charge in [-0.05, 0) is 86.3 Å². The lowest BCUT2D eigenvalue weighted by atomic mass is 9.90. The molecule has 0 spiro atoms. The molecule has 0 atom stereocenters. The minimum Gasteiger partial charge on any atom is -0.465 e. The molecule has 1 aromatic carbocycles. The first-order valence-electron chi connectivity index (χ1n) is 10.7. The third-order valence-corrected chi connectivity index (χ3v) is 5.60. The minimum absolute atomic E-state index is 0.358. The van der Waals surface area contributed by atoms with Gasteiger partial charge in [-0.3, -0.25) is 0 Å². The second-order valence-electron chi connectivity index (χ2n) is 7.78. The molecule has 0 aliphatic heterocycles. The van der Waals surface area contributed by atoms with Gasteiger partial charge in [0.05, 0.1) is 24.3 Å². The Hall–Kier alpha value is -3.12. The Morgan fingerprint density at radius 2 is 1.80 bits per heavy atom. The monoisotopic (exact) mass is 399 g/mol. The first kappa shape index (κ1) is 21.6. The molecule has 0 saturated heterocycles. The third-order valence-electron chi connectivity index (χ3n) is 5.60. The van der Waals surface area contributed by atoms with Crippen molar-refractivity contribution in [1.29, 1.82) is 5.26 Å². The van der Waals surface area contributed by atoms with Gasteiger partial charge >= 0.3 is 5.97 Å². The average molecular weight is 400 g/mol. The quantitative estimate of drug-likeness (QED) is 0.315. The van der Waals surface area contributed by atoms with Crippen LogP contribution in [-0.2, 0) is 4.74 Å². The van der Waals surface area contributed by atoms with Crippen molar-refractivity contribution in [2.45, 2.75) is 51.4 Å². The number of hydrogen-bond donors (Lipinski definition) is 0. The highest BCUT2D eigenvalue weighted by Gasteiger charge is 2.11. The van der Waals surface area contributed by atoms with Gasteiger partial charge in [0.25, 0.3) is 0 Å². The molecule has 0 bridgehead atoms. The van der Waals surface area contributed by atoms with E-state index in [1.54, 1.807) is 17.7 Å². The van der Waals surface area contributed by atoms with Crippen LogP contribution in [0, 0.1) is 11.3 Å². The summed E-state index contributed by atoms with van der Waals surface area (Å²) in [6, 6.07) is 9.45. The van der Waals surface area contributed by atoms with E-state index in [-0.39, 0.29) is 5.97 Å². The number of nitriles is 1. The van der Waals surface area contributed by atoms with Gasteiger partial charge in [-0.2, -0.15) is 5.26 Å². The zero-order valence-electron chi connectivity index (χ0n) is 17.7. The molecule has 0 saturated carbocycles. The molecular formula is C27H29NO2. The largest absolute Gasteiger partial charge is 0.465 e. The minimum atomic E-state index is -0.358. The first-order chi connectivity index (χ1) is 14.7. The molecule has 30 heavy (non-hydrogen) atoms. The molecule has 0 radical (unpaired) electrons. The summed E-state index contributed by atoms with van der Waals surface area (Å²) < 4.78 is 4.73. The Morgan fingerprint density at radius 1 is 1.00 bits per heavy atom. The fourth-order valence-corrected chi connectivity index (χ4v) is 3.84. The predicted octanol–water partition coefficient (Wildman–Crippen LogP) is 6.86. The van der Waals surface area contributed by atoms with Gasteiger partial charge in [0.1, 0.15) is 0 Å². The number of rotatable bonds is 4. The zero-order chi connectivity index (χ0) is 21.2. The van der Waals surface area contributed by atoms with Gasteiger partial charge < -0.3 is 4.74 Å². The second-order valence-corrected chi connectivity index (χ2v) is 7.78. The molecular weight excluding hydrogens is 370 g/mol. The first-order valence-corrected chi connectivity index (χ1v) is 10.7. The lowest BCUT2D eigenvalue weighted by Crippen LogP contribution is -2.00. The van der Waals surface area contributed by atoms with Crippen LogP contribution >= 0.6 is 0 Å². The highest BCUT2D eigenvalue weighted by molar-refractivity contribution is 5.89. The van der Waals surface area contributed by atoms with Crippen LogP contribution in [0.25, 0.3) is 6.08 Å². The summed E-state index contributed by atoms with van der Waals surface area (Å²) in [6.45, 7) is 0. The van der Waals surface area contributed by atoms with Crippen LogP contribution in [0.1, 0.15) is 67.3 Å². The summed E-state index contributed by atoms with van der Waals surface area (Å²) in [5, 5.41) is 9.66. The number of allylic oxidation sites excluding steroid dienone is 9. The third kappa shape index (κ3) is 6.19. The highest BCUT2D eigenvalue weighted by atomic mass is 16.5. The maximum atomic E-state index is 11.6. The summed E-state index contributed by atoms with van der Waals surface area (Å²) in [5.74, 6) is -0.358. The van der Waals surface area contributed by atoms with E-state index in [1.165, 1.54) is 38.4 Å². The number of esters is 1. The summed E-state index contributed by atoms with van der Waals surface area (Å²) in [7, 11) is 1.37. The number of hydrogen-bond acceptors (Lipinski definition) is 3. The van der Waals surface area contributed by atoms with E-state index in [4.69, 9.17) is 4.74 Å². The molecule has 3 heteroatoms.